The van der Waals surface area contributed by atoms with Crippen molar-refractivity contribution in [2.45, 2.75) is 11.3 Å². The van der Waals surface area contributed by atoms with Gasteiger partial charge in [0.2, 0.25) is 5.91 Å². The van der Waals surface area contributed by atoms with Crippen molar-refractivity contribution in [2.75, 3.05) is 11.1 Å². The molecule has 2 aromatic carbocycles. The second-order valence-electron chi connectivity index (χ2n) is 5.23. The van der Waals surface area contributed by atoms with Crippen LogP contribution in [0, 0.1) is 0 Å². The molecule has 0 fully saturated rings. The molecule has 114 valence electrons. The highest BCUT2D eigenvalue weighted by Crippen LogP contribution is 2.34. The first-order valence-electron chi connectivity index (χ1n) is 7.21. The Balaban J connectivity index is 1.59. The van der Waals surface area contributed by atoms with Gasteiger partial charge in [-0.05, 0) is 23.8 Å². The number of hydrogen-bond donors (Lipinski definition) is 1. The summed E-state index contributed by atoms with van der Waals surface area (Å²) in [4.78, 5) is 17.0. The van der Waals surface area contributed by atoms with Gasteiger partial charge in [-0.3, -0.25) is 4.79 Å². The van der Waals surface area contributed by atoms with E-state index in [9.17, 15) is 4.79 Å². The molecule has 1 aliphatic heterocycles. The summed E-state index contributed by atoms with van der Waals surface area (Å²) in [5.74, 6) is 1.56. The van der Waals surface area contributed by atoms with E-state index < -0.39 is 0 Å². The summed E-state index contributed by atoms with van der Waals surface area (Å²) in [5, 5.41) is 6.90. The van der Waals surface area contributed by atoms with E-state index in [-0.39, 0.29) is 5.91 Å². The summed E-state index contributed by atoms with van der Waals surface area (Å²) in [6.07, 6.45) is 0.627. The fourth-order valence-corrected chi connectivity index (χ4v) is 3.23. The molecule has 0 atom stereocenters. The number of carbonyl (C=O) groups excluding carboxylic acids is 1. The molecule has 1 N–H and O–H groups in total. The van der Waals surface area contributed by atoms with Gasteiger partial charge in [0.15, 0.2) is 5.82 Å². The zero-order valence-electron chi connectivity index (χ0n) is 12.2. The predicted molar refractivity (Wildman–Crippen MR) is 88.3 cm³/mol. The number of benzene rings is 2. The molecule has 0 saturated carbocycles. The average molecular weight is 323 g/mol. The van der Waals surface area contributed by atoms with Crippen molar-refractivity contribution < 1.29 is 9.32 Å². The lowest BCUT2D eigenvalue weighted by Crippen LogP contribution is -2.18. The molecule has 1 amide bonds. The Bertz CT molecular complexity index is 861. The van der Waals surface area contributed by atoms with Crippen LogP contribution < -0.4 is 5.32 Å². The summed E-state index contributed by atoms with van der Waals surface area (Å²) in [6.45, 7) is 0. The third-order valence-electron chi connectivity index (χ3n) is 3.53. The van der Waals surface area contributed by atoms with Crippen LogP contribution in [0.3, 0.4) is 0 Å². The molecule has 6 heteroatoms. The van der Waals surface area contributed by atoms with Crippen LogP contribution in [0.25, 0.3) is 11.5 Å². The molecule has 1 aliphatic rings. The highest BCUT2D eigenvalue weighted by molar-refractivity contribution is 8.00. The maximum absolute atomic E-state index is 11.5. The van der Waals surface area contributed by atoms with Gasteiger partial charge in [0, 0.05) is 16.9 Å². The van der Waals surface area contributed by atoms with Gasteiger partial charge in [-0.25, -0.2) is 0 Å². The Kier molecular flexibility index (Phi) is 3.59. The standard InChI is InChI=1S/C17H13N3O2S/c21-16-10-23-14-7-6-12(9-13(14)18-16)17-19-15(20-22-17)8-11-4-2-1-3-5-11/h1-7,9H,8,10H2,(H,18,21). The number of nitrogens with zero attached hydrogens (tertiary/aromatic N) is 2. The van der Waals surface area contributed by atoms with Gasteiger partial charge < -0.3 is 9.84 Å². The molecule has 0 saturated heterocycles. The van der Waals surface area contributed by atoms with Crippen LogP contribution in [-0.4, -0.2) is 21.8 Å². The van der Waals surface area contributed by atoms with E-state index in [1.165, 1.54) is 11.8 Å². The van der Waals surface area contributed by atoms with E-state index in [0.29, 0.717) is 23.9 Å². The van der Waals surface area contributed by atoms with Crippen LogP contribution >= 0.6 is 11.8 Å². The number of hydrogen-bond acceptors (Lipinski definition) is 5. The summed E-state index contributed by atoms with van der Waals surface area (Å²) in [7, 11) is 0. The van der Waals surface area contributed by atoms with E-state index in [4.69, 9.17) is 4.52 Å². The lowest BCUT2D eigenvalue weighted by atomic mass is 10.1. The topological polar surface area (TPSA) is 68.0 Å². The summed E-state index contributed by atoms with van der Waals surface area (Å²) < 4.78 is 5.36. The number of thioether (sulfide) groups is 1. The lowest BCUT2D eigenvalue weighted by Gasteiger charge is -2.16. The third kappa shape index (κ3) is 2.98. The van der Waals surface area contributed by atoms with Gasteiger partial charge >= 0.3 is 0 Å². The normalized spacial score (nSPS) is 13.5. The van der Waals surface area contributed by atoms with Crippen LogP contribution in [-0.2, 0) is 11.2 Å². The van der Waals surface area contributed by atoms with Crippen LogP contribution in [0.5, 0.6) is 0 Å². The van der Waals surface area contributed by atoms with Gasteiger partial charge in [0.05, 0.1) is 11.4 Å². The SMILES string of the molecule is O=C1CSc2ccc(-c3nc(Cc4ccccc4)no3)cc2N1. The molecule has 0 aliphatic carbocycles. The monoisotopic (exact) mass is 323 g/mol. The molecular weight excluding hydrogens is 310 g/mol. The fraction of sp³-hybridized carbons (Fsp3) is 0.118. The van der Waals surface area contributed by atoms with Gasteiger partial charge in [-0.2, -0.15) is 4.98 Å². The smallest absolute Gasteiger partial charge is 0.258 e. The molecule has 0 spiro atoms. The zero-order valence-corrected chi connectivity index (χ0v) is 13.0. The largest absolute Gasteiger partial charge is 0.334 e. The Hall–Kier alpha value is -2.60. The molecule has 23 heavy (non-hydrogen) atoms. The number of fused-ring (bicyclic) bond motifs is 1. The van der Waals surface area contributed by atoms with Crippen molar-refractivity contribution in [2.24, 2.45) is 0 Å². The van der Waals surface area contributed by atoms with E-state index >= 15 is 0 Å². The maximum atomic E-state index is 11.5. The quantitative estimate of drug-likeness (QED) is 0.800. The molecule has 4 rings (SSSR count). The second kappa shape index (κ2) is 5.89. The minimum atomic E-state index is 0.00921. The number of nitrogens with one attached hydrogen (secondary N) is 1. The molecule has 0 unspecified atom stereocenters. The van der Waals surface area contributed by atoms with Crippen molar-refractivity contribution >= 4 is 23.4 Å². The van der Waals surface area contributed by atoms with E-state index in [1.54, 1.807) is 0 Å². The van der Waals surface area contributed by atoms with Crippen LogP contribution in [0.4, 0.5) is 5.69 Å². The first-order chi connectivity index (χ1) is 11.3. The van der Waals surface area contributed by atoms with Crippen molar-refractivity contribution in [3.05, 3.63) is 59.9 Å². The second-order valence-corrected chi connectivity index (χ2v) is 6.24. The number of carbonyl (C=O) groups is 1. The first kappa shape index (κ1) is 14.0. The van der Waals surface area contributed by atoms with E-state index in [0.717, 1.165) is 21.7 Å². The molecule has 3 aromatic rings. The molecule has 0 radical (unpaired) electrons. The van der Waals surface area contributed by atoms with Gasteiger partial charge in [-0.1, -0.05) is 35.5 Å². The number of aromatic nitrogens is 2. The first-order valence-corrected chi connectivity index (χ1v) is 8.20. The summed E-state index contributed by atoms with van der Waals surface area (Å²) in [6, 6.07) is 15.8. The molecule has 0 bridgehead atoms. The number of anilines is 1. The minimum absolute atomic E-state index is 0.00921. The van der Waals surface area contributed by atoms with Crippen molar-refractivity contribution in [3.8, 4) is 11.5 Å². The molecule has 2 heterocycles. The van der Waals surface area contributed by atoms with Gasteiger partial charge in [0.1, 0.15) is 0 Å². The fourth-order valence-electron chi connectivity index (χ4n) is 2.44. The highest BCUT2D eigenvalue weighted by Gasteiger charge is 2.17. The Morgan fingerprint density at radius 2 is 2.04 bits per heavy atom. The van der Waals surface area contributed by atoms with E-state index in [2.05, 4.69) is 15.5 Å². The molecule has 5 nitrogen and oxygen atoms in total. The van der Waals surface area contributed by atoms with Crippen LogP contribution in [0.15, 0.2) is 57.9 Å². The Labute approximate surface area is 137 Å². The van der Waals surface area contributed by atoms with Crippen molar-refractivity contribution in [3.63, 3.8) is 0 Å². The molecule has 1 aromatic heterocycles. The summed E-state index contributed by atoms with van der Waals surface area (Å²) in [5.41, 5.74) is 2.74. The zero-order chi connectivity index (χ0) is 15.6. The van der Waals surface area contributed by atoms with Crippen molar-refractivity contribution in [1.29, 1.82) is 0 Å². The van der Waals surface area contributed by atoms with Crippen molar-refractivity contribution in [1.82, 2.24) is 10.1 Å². The van der Waals surface area contributed by atoms with Gasteiger partial charge in [-0.15, -0.1) is 11.8 Å². The van der Waals surface area contributed by atoms with Crippen LogP contribution in [0.2, 0.25) is 0 Å². The Morgan fingerprint density at radius 3 is 2.91 bits per heavy atom. The van der Waals surface area contributed by atoms with E-state index in [1.807, 2.05) is 48.5 Å². The van der Waals surface area contributed by atoms with Crippen LogP contribution in [0.1, 0.15) is 11.4 Å². The average Bonchev–Trinajstić information content (AvgIpc) is 3.03. The number of rotatable bonds is 3. The highest BCUT2D eigenvalue weighted by atomic mass is 32.2. The summed E-state index contributed by atoms with van der Waals surface area (Å²) >= 11 is 1.53. The lowest BCUT2D eigenvalue weighted by molar-refractivity contribution is -0.113. The Morgan fingerprint density at radius 1 is 1.17 bits per heavy atom. The minimum Gasteiger partial charge on any atom is -0.334 e. The third-order valence-corrected chi connectivity index (χ3v) is 4.61. The number of amides is 1. The van der Waals surface area contributed by atoms with Gasteiger partial charge in [0.25, 0.3) is 5.89 Å². The predicted octanol–water partition coefficient (Wildman–Crippen LogP) is 3.37. The maximum Gasteiger partial charge on any atom is 0.258 e. The molecular formula is C17H13N3O2S.